The second kappa shape index (κ2) is 7.40. The van der Waals surface area contributed by atoms with E-state index in [1.54, 1.807) is 42.5 Å². The van der Waals surface area contributed by atoms with E-state index in [-0.39, 0.29) is 5.57 Å². The summed E-state index contributed by atoms with van der Waals surface area (Å²) >= 11 is 3.28. The van der Waals surface area contributed by atoms with Crippen molar-refractivity contribution >= 4 is 45.5 Å². The first-order chi connectivity index (χ1) is 12.5. The smallest absolute Gasteiger partial charge is 0.341 e. The minimum absolute atomic E-state index is 0.0000394. The largest absolute Gasteiger partial charge is 0.481 e. The van der Waals surface area contributed by atoms with E-state index in [2.05, 4.69) is 21.4 Å². The lowest BCUT2D eigenvalue weighted by Gasteiger charge is -2.13. The van der Waals surface area contributed by atoms with Gasteiger partial charge in [0, 0.05) is 0 Å². The number of aliphatic carboxylic acids is 1. The van der Waals surface area contributed by atoms with Crippen molar-refractivity contribution in [1.29, 1.82) is 0 Å². The van der Waals surface area contributed by atoms with Crippen molar-refractivity contribution in [1.82, 2.24) is 5.43 Å². The molecule has 2 aromatic rings. The van der Waals surface area contributed by atoms with Crippen LogP contribution >= 0.6 is 15.9 Å². The summed E-state index contributed by atoms with van der Waals surface area (Å²) in [6.45, 7) is -0.466. The zero-order valence-electron chi connectivity index (χ0n) is 13.3. The van der Waals surface area contributed by atoms with Gasteiger partial charge in [-0.25, -0.2) is 9.80 Å². The van der Waals surface area contributed by atoms with Crippen LogP contribution in [0.15, 0.2) is 58.6 Å². The summed E-state index contributed by atoms with van der Waals surface area (Å²) in [5.41, 5.74) is 3.68. The number of ether oxygens (including phenoxy) is 1. The number of para-hydroxylation sites is 1. The summed E-state index contributed by atoms with van der Waals surface area (Å²) in [7, 11) is 0. The zero-order valence-corrected chi connectivity index (χ0v) is 14.9. The number of carbonyl (C=O) groups is 3. The SMILES string of the molecule is O=C(O)COc1ccc(C=C2C(=O)NN(c3ccccc3)C2=O)cc1Br. The Balaban J connectivity index is 1.83. The Labute approximate surface area is 157 Å². The minimum atomic E-state index is -1.09. The molecule has 26 heavy (non-hydrogen) atoms. The maximum absolute atomic E-state index is 12.5. The van der Waals surface area contributed by atoms with Gasteiger partial charge >= 0.3 is 5.97 Å². The van der Waals surface area contributed by atoms with Crippen molar-refractivity contribution in [3.05, 3.63) is 64.1 Å². The molecule has 132 valence electrons. The van der Waals surface area contributed by atoms with E-state index in [9.17, 15) is 14.4 Å². The second-order valence-corrected chi connectivity index (χ2v) is 6.20. The van der Waals surface area contributed by atoms with Gasteiger partial charge in [0.2, 0.25) is 0 Å². The van der Waals surface area contributed by atoms with Gasteiger partial charge in [0.05, 0.1) is 10.2 Å². The summed E-state index contributed by atoms with van der Waals surface area (Å²) in [6.07, 6.45) is 1.46. The van der Waals surface area contributed by atoms with Crippen LogP contribution in [0.25, 0.3) is 6.08 Å². The lowest BCUT2D eigenvalue weighted by atomic mass is 10.1. The highest BCUT2D eigenvalue weighted by molar-refractivity contribution is 9.10. The van der Waals surface area contributed by atoms with Crippen molar-refractivity contribution in [3.8, 4) is 5.75 Å². The maximum Gasteiger partial charge on any atom is 0.341 e. The van der Waals surface area contributed by atoms with Crippen molar-refractivity contribution in [2.75, 3.05) is 11.6 Å². The molecule has 2 N–H and O–H groups in total. The zero-order chi connectivity index (χ0) is 18.7. The molecule has 1 heterocycles. The van der Waals surface area contributed by atoms with Crippen LogP contribution in [0, 0.1) is 0 Å². The first-order valence-electron chi connectivity index (χ1n) is 7.52. The molecule has 0 bridgehead atoms. The molecule has 1 aliphatic heterocycles. The first kappa shape index (κ1) is 17.7. The lowest BCUT2D eigenvalue weighted by molar-refractivity contribution is -0.139. The number of carbonyl (C=O) groups excluding carboxylic acids is 2. The number of amides is 2. The lowest BCUT2D eigenvalue weighted by Crippen LogP contribution is -2.35. The predicted molar refractivity (Wildman–Crippen MR) is 97.3 cm³/mol. The van der Waals surface area contributed by atoms with E-state index < -0.39 is 24.4 Å². The quantitative estimate of drug-likeness (QED) is 0.576. The van der Waals surface area contributed by atoms with Gasteiger partial charge in [-0.05, 0) is 51.8 Å². The molecule has 0 unspecified atom stereocenters. The maximum atomic E-state index is 12.5. The van der Waals surface area contributed by atoms with Crippen molar-refractivity contribution in [2.24, 2.45) is 0 Å². The van der Waals surface area contributed by atoms with E-state index in [4.69, 9.17) is 9.84 Å². The average molecular weight is 417 g/mol. The molecule has 0 atom stereocenters. The number of nitrogens with zero attached hydrogens (tertiary/aromatic N) is 1. The number of benzene rings is 2. The average Bonchev–Trinajstić information content (AvgIpc) is 2.90. The molecule has 0 radical (unpaired) electrons. The molecule has 3 rings (SSSR count). The topological polar surface area (TPSA) is 95.9 Å². The summed E-state index contributed by atoms with van der Waals surface area (Å²) < 4.78 is 5.63. The van der Waals surface area contributed by atoms with Crippen molar-refractivity contribution < 1.29 is 24.2 Å². The first-order valence-corrected chi connectivity index (χ1v) is 8.31. The Kier molecular flexibility index (Phi) is 5.04. The number of hydrogen-bond donors (Lipinski definition) is 2. The normalized spacial score (nSPS) is 15.3. The predicted octanol–water partition coefficient (Wildman–Crippen LogP) is 2.37. The van der Waals surface area contributed by atoms with Crippen LogP contribution in [-0.4, -0.2) is 29.5 Å². The summed E-state index contributed by atoms with van der Waals surface area (Å²) in [4.78, 5) is 35.2. The van der Waals surface area contributed by atoms with Crippen LogP contribution in [0.5, 0.6) is 5.75 Å². The Morgan fingerprint density at radius 2 is 1.92 bits per heavy atom. The molecule has 0 aromatic heterocycles. The van der Waals surface area contributed by atoms with Gasteiger partial charge in [-0.3, -0.25) is 15.0 Å². The fourth-order valence-electron chi connectivity index (χ4n) is 2.35. The molecule has 1 saturated heterocycles. The van der Waals surface area contributed by atoms with Crippen molar-refractivity contribution in [2.45, 2.75) is 0 Å². The van der Waals surface area contributed by atoms with Gasteiger partial charge < -0.3 is 9.84 Å². The third-order valence-corrected chi connectivity index (χ3v) is 4.14. The van der Waals surface area contributed by atoms with Gasteiger partial charge in [0.25, 0.3) is 11.8 Å². The minimum Gasteiger partial charge on any atom is -0.481 e. The molecule has 1 aliphatic rings. The standard InChI is InChI=1S/C18H13BrN2O5/c19-14-9-11(6-7-15(14)26-10-16(22)23)8-13-17(24)20-21(18(13)25)12-4-2-1-3-5-12/h1-9H,10H2,(H,20,24)(H,22,23). The third-order valence-electron chi connectivity index (χ3n) is 3.52. The van der Waals surface area contributed by atoms with Crippen LogP contribution in [-0.2, 0) is 14.4 Å². The van der Waals surface area contributed by atoms with Gasteiger partial charge in [0.1, 0.15) is 11.3 Å². The van der Waals surface area contributed by atoms with Crippen LogP contribution in [0.4, 0.5) is 5.69 Å². The van der Waals surface area contributed by atoms with E-state index in [1.165, 1.54) is 11.1 Å². The molecule has 2 aromatic carbocycles. The fourth-order valence-corrected chi connectivity index (χ4v) is 2.86. The Hall–Kier alpha value is -3.13. The number of carboxylic acid groups (broad SMARTS) is 1. The van der Waals surface area contributed by atoms with Crippen LogP contribution in [0.2, 0.25) is 0 Å². The third kappa shape index (κ3) is 3.75. The van der Waals surface area contributed by atoms with Crippen molar-refractivity contribution in [3.63, 3.8) is 0 Å². The van der Waals surface area contributed by atoms with Crippen LogP contribution < -0.4 is 15.2 Å². The van der Waals surface area contributed by atoms with Gasteiger partial charge in [0.15, 0.2) is 6.61 Å². The number of hydrazine groups is 1. The highest BCUT2D eigenvalue weighted by Crippen LogP contribution is 2.28. The molecule has 2 amide bonds. The van der Waals surface area contributed by atoms with Crippen LogP contribution in [0.1, 0.15) is 5.56 Å². The molecule has 8 heteroatoms. The fraction of sp³-hybridized carbons (Fsp3) is 0.0556. The van der Waals surface area contributed by atoms with E-state index in [0.717, 1.165) is 0 Å². The number of hydrogen-bond acceptors (Lipinski definition) is 4. The second-order valence-electron chi connectivity index (χ2n) is 5.35. The van der Waals surface area contributed by atoms with E-state index >= 15 is 0 Å². The Morgan fingerprint density at radius 1 is 1.19 bits per heavy atom. The molecule has 0 spiro atoms. The summed E-state index contributed by atoms with van der Waals surface area (Å²) in [5.74, 6) is -1.69. The molecule has 0 aliphatic carbocycles. The van der Waals surface area contributed by atoms with Gasteiger partial charge in [-0.15, -0.1) is 0 Å². The molecular formula is C18H13BrN2O5. The Morgan fingerprint density at radius 3 is 2.58 bits per heavy atom. The number of halogens is 1. The highest BCUT2D eigenvalue weighted by Gasteiger charge is 2.34. The number of carboxylic acids is 1. The molecule has 1 fully saturated rings. The monoisotopic (exact) mass is 416 g/mol. The van der Waals surface area contributed by atoms with Gasteiger partial charge in [-0.2, -0.15) is 0 Å². The van der Waals surface area contributed by atoms with E-state index in [1.807, 2.05) is 6.07 Å². The van der Waals surface area contributed by atoms with Crippen LogP contribution in [0.3, 0.4) is 0 Å². The molecule has 7 nitrogen and oxygen atoms in total. The summed E-state index contributed by atoms with van der Waals surface area (Å²) in [5, 5.41) is 9.84. The Bertz CT molecular complexity index is 911. The highest BCUT2D eigenvalue weighted by atomic mass is 79.9. The molecular weight excluding hydrogens is 404 g/mol. The van der Waals surface area contributed by atoms with Gasteiger partial charge in [-0.1, -0.05) is 24.3 Å². The number of anilines is 1. The number of rotatable bonds is 5. The van der Waals surface area contributed by atoms with E-state index in [0.29, 0.717) is 21.5 Å². The summed E-state index contributed by atoms with van der Waals surface area (Å²) in [6, 6.07) is 13.6. The molecule has 0 saturated carbocycles. The number of nitrogens with one attached hydrogen (secondary N) is 1.